The lowest BCUT2D eigenvalue weighted by molar-refractivity contribution is 0.0183. The van der Waals surface area contributed by atoms with Crippen molar-refractivity contribution in [3.63, 3.8) is 0 Å². The molecule has 0 atom stereocenters. The zero-order valence-corrected chi connectivity index (χ0v) is 10.0. The van der Waals surface area contributed by atoms with Crippen LogP contribution in [0.2, 0.25) is 10.3 Å². The third-order valence-corrected chi connectivity index (χ3v) is 2.52. The van der Waals surface area contributed by atoms with Gasteiger partial charge in [0.05, 0.1) is 6.61 Å². The Morgan fingerprint density at radius 3 is 2.31 bits per heavy atom. The van der Waals surface area contributed by atoms with Gasteiger partial charge in [-0.25, -0.2) is 18.7 Å². The quantitative estimate of drug-likeness (QED) is 0.610. The van der Waals surface area contributed by atoms with Gasteiger partial charge in [0, 0.05) is 12.0 Å². The molecule has 0 radical (unpaired) electrons. The molecule has 0 aliphatic carbocycles. The second kappa shape index (κ2) is 6.27. The Kier molecular flexibility index (Phi) is 5.31. The smallest absolute Gasteiger partial charge is 0.261 e. The van der Waals surface area contributed by atoms with Gasteiger partial charge in [0.1, 0.15) is 22.7 Å². The molecule has 0 aliphatic rings. The van der Waals surface area contributed by atoms with Crippen molar-refractivity contribution < 1.29 is 13.5 Å². The molecule has 0 fully saturated rings. The number of alkyl halides is 2. The Balaban J connectivity index is 2.49. The van der Waals surface area contributed by atoms with Crippen molar-refractivity contribution >= 4 is 23.2 Å². The largest absolute Gasteiger partial charge is 0.375 e. The summed E-state index contributed by atoms with van der Waals surface area (Å²) in [5, 5.41) is 0.535. The van der Waals surface area contributed by atoms with E-state index in [-0.39, 0.29) is 16.9 Å². The average molecular weight is 271 g/mol. The standard InChI is InChI=1S/C9H10Cl2F2N2O/c1-5-8(10)14-7(15-9(5)11)2-3-16-4-6(12)13/h6H,2-4H2,1H3. The zero-order chi connectivity index (χ0) is 12.1. The Morgan fingerprint density at radius 2 is 1.81 bits per heavy atom. The van der Waals surface area contributed by atoms with Crippen LogP contribution in [0.1, 0.15) is 11.4 Å². The van der Waals surface area contributed by atoms with Crippen LogP contribution in [0, 0.1) is 6.92 Å². The van der Waals surface area contributed by atoms with Gasteiger partial charge in [-0.3, -0.25) is 0 Å². The molecule has 0 amide bonds. The van der Waals surface area contributed by atoms with E-state index in [1.54, 1.807) is 6.92 Å². The summed E-state index contributed by atoms with van der Waals surface area (Å²) < 4.78 is 28.2. The fourth-order valence-corrected chi connectivity index (χ4v) is 1.37. The molecule has 0 aliphatic heterocycles. The van der Waals surface area contributed by atoms with Crippen LogP contribution >= 0.6 is 23.2 Å². The monoisotopic (exact) mass is 270 g/mol. The van der Waals surface area contributed by atoms with E-state index in [4.69, 9.17) is 27.9 Å². The van der Waals surface area contributed by atoms with E-state index in [1.807, 2.05) is 0 Å². The second-order valence-electron chi connectivity index (χ2n) is 3.06. The molecule has 0 saturated carbocycles. The van der Waals surface area contributed by atoms with Gasteiger partial charge in [-0.1, -0.05) is 23.2 Å². The fourth-order valence-electron chi connectivity index (χ4n) is 0.952. The minimum atomic E-state index is -2.47. The molecule has 0 spiro atoms. The zero-order valence-electron chi connectivity index (χ0n) is 8.51. The van der Waals surface area contributed by atoms with Gasteiger partial charge in [-0.05, 0) is 6.92 Å². The highest BCUT2D eigenvalue weighted by atomic mass is 35.5. The summed E-state index contributed by atoms with van der Waals surface area (Å²) in [7, 11) is 0. The summed E-state index contributed by atoms with van der Waals surface area (Å²) in [4.78, 5) is 7.91. The summed E-state index contributed by atoms with van der Waals surface area (Å²) in [6.45, 7) is 1.22. The van der Waals surface area contributed by atoms with Crippen LogP contribution in [0.5, 0.6) is 0 Å². The molecular weight excluding hydrogens is 261 g/mol. The maximum atomic E-state index is 11.7. The molecule has 3 nitrogen and oxygen atoms in total. The normalized spacial score (nSPS) is 11.1. The first kappa shape index (κ1) is 13.5. The summed E-state index contributed by atoms with van der Waals surface area (Å²) in [6.07, 6.45) is -2.17. The molecule has 0 N–H and O–H groups in total. The maximum Gasteiger partial charge on any atom is 0.261 e. The van der Waals surface area contributed by atoms with E-state index in [9.17, 15) is 8.78 Å². The lowest BCUT2D eigenvalue weighted by atomic mass is 10.3. The molecule has 0 aromatic carbocycles. The molecule has 0 saturated heterocycles. The van der Waals surface area contributed by atoms with Crippen molar-refractivity contribution in [2.45, 2.75) is 19.8 Å². The number of hydrogen-bond donors (Lipinski definition) is 0. The number of hydrogen-bond acceptors (Lipinski definition) is 3. The van der Waals surface area contributed by atoms with Gasteiger partial charge >= 0.3 is 0 Å². The van der Waals surface area contributed by atoms with E-state index in [0.29, 0.717) is 17.8 Å². The lowest BCUT2D eigenvalue weighted by Gasteiger charge is -2.05. The summed E-state index contributed by atoms with van der Waals surface area (Å²) >= 11 is 11.6. The van der Waals surface area contributed by atoms with E-state index >= 15 is 0 Å². The topological polar surface area (TPSA) is 35.0 Å². The Morgan fingerprint density at radius 1 is 1.25 bits per heavy atom. The van der Waals surface area contributed by atoms with Crippen LogP contribution in [-0.4, -0.2) is 29.6 Å². The number of nitrogens with zero attached hydrogens (tertiary/aromatic N) is 2. The van der Waals surface area contributed by atoms with Crippen LogP contribution in [0.3, 0.4) is 0 Å². The lowest BCUT2D eigenvalue weighted by Crippen LogP contribution is -2.09. The second-order valence-corrected chi connectivity index (χ2v) is 3.78. The summed E-state index contributed by atoms with van der Waals surface area (Å²) in [5.41, 5.74) is 0.598. The molecule has 90 valence electrons. The number of ether oxygens (including phenoxy) is 1. The van der Waals surface area contributed by atoms with Crippen molar-refractivity contribution in [2.24, 2.45) is 0 Å². The summed E-state index contributed by atoms with van der Waals surface area (Å²) in [5.74, 6) is 0.384. The third-order valence-electron chi connectivity index (χ3n) is 1.79. The van der Waals surface area contributed by atoms with Crippen LogP contribution in [0.25, 0.3) is 0 Å². The molecule has 0 unspecified atom stereocenters. The average Bonchev–Trinajstić information content (AvgIpc) is 2.20. The predicted octanol–water partition coefficient (Wildman–Crippen LogP) is 2.92. The third kappa shape index (κ3) is 4.15. The molecular formula is C9H10Cl2F2N2O. The van der Waals surface area contributed by atoms with E-state index in [1.165, 1.54) is 0 Å². The van der Waals surface area contributed by atoms with Gasteiger partial charge in [-0.2, -0.15) is 0 Å². The highest BCUT2D eigenvalue weighted by molar-refractivity contribution is 6.34. The van der Waals surface area contributed by atoms with E-state index in [0.717, 1.165) is 0 Å². The summed E-state index contributed by atoms with van der Waals surface area (Å²) in [6, 6.07) is 0. The van der Waals surface area contributed by atoms with Gasteiger partial charge in [0.25, 0.3) is 6.43 Å². The van der Waals surface area contributed by atoms with Crippen molar-refractivity contribution in [3.8, 4) is 0 Å². The molecule has 1 heterocycles. The van der Waals surface area contributed by atoms with Gasteiger partial charge < -0.3 is 4.74 Å². The molecule has 1 aromatic rings. The Labute approximate surface area is 102 Å². The van der Waals surface area contributed by atoms with E-state index in [2.05, 4.69) is 9.97 Å². The molecule has 16 heavy (non-hydrogen) atoms. The molecule has 1 rings (SSSR count). The van der Waals surface area contributed by atoms with Gasteiger partial charge in [-0.15, -0.1) is 0 Å². The number of aromatic nitrogens is 2. The predicted molar refractivity (Wildman–Crippen MR) is 57.3 cm³/mol. The van der Waals surface area contributed by atoms with Crippen LogP contribution in [0.4, 0.5) is 8.78 Å². The minimum Gasteiger partial charge on any atom is -0.375 e. The highest BCUT2D eigenvalue weighted by Gasteiger charge is 2.08. The molecule has 0 bridgehead atoms. The van der Waals surface area contributed by atoms with E-state index < -0.39 is 13.0 Å². The Bertz CT molecular complexity index is 340. The van der Waals surface area contributed by atoms with Crippen LogP contribution in [-0.2, 0) is 11.2 Å². The molecule has 1 aromatic heterocycles. The van der Waals surface area contributed by atoms with Crippen molar-refractivity contribution in [2.75, 3.05) is 13.2 Å². The van der Waals surface area contributed by atoms with Crippen LogP contribution in [0.15, 0.2) is 0 Å². The van der Waals surface area contributed by atoms with Crippen molar-refractivity contribution in [1.82, 2.24) is 9.97 Å². The fraction of sp³-hybridized carbons (Fsp3) is 0.556. The highest BCUT2D eigenvalue weighted by Crippen LogP contribution is 2.19. The van der Waals surface area contributed by atoms with Crippen LogP contribution < -0.4 is 0 Å². The van der Waals surface area contributed by atoms with Crippen molar-refractivity contribution in [1.29, 1.82) is 0 Å². The first-order valence-corrected chi connectivity index (χ1v) is 5.30. The van der Waals surface area contributed by atoms with Gasteiger partial charge in [0.15, 0.2) is 0 Å². The number of halogens is 4. The first-order chi connectivity index (χ1) is 7.50. The number of rotatable bonds is 5. The van der Waals surface area contributed by atoms with Crippen molar-refractivity contribution in [3.05, 3.63) is 21.7 Å². The maximum absolute atomic E-state index is 11.7. The first-order valence-electron chi connectivity index (χ1n) is 4.55. The van der Waals surface area contributed by atoms with Gasteiger partial charge in [0.2, 0.25) is 0 Å². The SMILES string of the molecule is Cc1c(Cl)nc(CCOCC(F)F)nc1Cl. The minimum absolute atomic E-state index is 0.111. The Hall–Kier alpha value is -0.520. The molecule has 7 heteroatoms.